The van der Waals surface area contributed by atoms with Gasteiger partial charge in [-0.2, -0.15) is 0 Å². The number of nitrogens with two attached hydrogens (primary N) is 1. The molecular weight excluding hydrogens is 258 g/mol. The summed E-state index contributed by atoms with van der Waals surface area (Å²) in [6, 6.07) is 0. The predicted octanol–water partition coefficient (Wildman–Crippen LogP) is 2.95. The summed E-state index contributed by atoms with van der Waals surface area (Å²) in [7, 11) is 0. The maximum Gasteiger partial charge on any atom is 0.0328 e. The second kappa shape index (κ2) is 8.50. The molecule has 0 amide bonds. The molecule has 0 spiro atoms. The van der Waals surface area contributed by atoms with E-state index in [2.05, 4.69) is 51.8 Å². The van der Waals surface area contributed by atoms with Crippen LogP contribution < -0.4 is 11.1 Å². The first-order valence-electron chi connectivity index (χ1n) is 8.97. The molecule has 3 heteroatoms. The lowest BCUT2D eigenvalue weighted by atomic mass is 9.82. The van der Waals surface area contributed by atoms with Crippen molar-refractivity contribution in [1.82, 2.24) is 10.2 Å². The van der Waals surface area contributed by atoms with Crippen LogP contribution in [-0.2, 0) is 0 Å². The van der Waals surface area contributed by atoms with Crippen LogP contribution in [0.3, 0.4) is 0 Å². The third-order valence-electron chi connectivity index (χ3n) is 5.25. The molecule has 3 N–H and O–H groups in total. The van der Waals surface area contributed by atoms with Gasteiger partial charge in [-0.25, -0.2) is 0 Å². The van der Waals surface area contributed by atoms with Crippen molar-refractivity contribution in [1.29, 1.82) is 0 Å². The largest absolute Gasteiger partial charge is 0.329 e. The van der Waals surface area contributed by atoms with E-state index in [0.717, 1.165) is 36.8 Å². The van der Waals surface area contributed by atoms with Gasteiger partial charge in [0.25, 0.3) is 0 Å². The number of nitrogens with one attached hydrogen (secondary N) is 1. The van der Waals surface area contributed by atoms with E-state index in [1.165, 1.54) is 32.5 Å². The van der Waals surface area contributed by atoms with Gasteiger partial charge in [0.1, 0.15) is 0 Å². The van der Waals surface area contributed by atoms with Gasteiger partial charge in [0.05, 0.1) is 0 Å². The molecular formula is C18H39N3. The first-order valence-corrected chi connectivity index (χ1v) is 8.97. The average molecular weight is 298 g/mol. The summed E-state index contributed by atoms with van der Waals surface area (Å²) in [5.41, 5.74) is 6.32. The Balaban J connectivity index is 2.51. The zero-order valence-electron chi connectivity index (χ0n) is 15.3. The zero-order chi connectivity index (χ0) is 16.0. The maximum atomic E-state index is 6.14. The molecule has 0 aliphatic carbocycles. The van der Waals surface area contributed by atoms with Crippen LogP contribution in [0.25, 0.3) is 0 Å². The van der Waals surface area contributed by atoms with Crippen molar-refractivity contribution in [3.8, 4) is 0 Å². The van der Waals surface area contributed by atoms with Crippen molar-refractivity contribution >= 4 is 0 Å². The van der Waals surface area contributed by atoms with E-state index in [4.69, 9.17) is 5.73 Å². The van der Waals surface area contributed by atoms with Crippen LogP contribution in [0.1, 0.15) is 54.4 Å². The molecule has 0 unspecified atom stereocenters. The number of rotatable bonds is 8. The highest BCUT2D eigenvalue weighted by molar-refractivity contribution is 4.95. The number of hydrogen-bond donors (Lipinski definition) is 2. The normalized spacial score (nSPS) is 20.1. The van der Waals surface area contributed by atoms with Crippen LogP contribution in [0.2, 0.25) is 0 Å². The monoisotopic (exact) mass is 297 g/mol. The van der Waals surface area contributed by atoms with E-state index in [1.807, 2.05) is 0 Å². The Morgan fingerprint density at radius 3 is 1.90 bits per heavy atom. The van der Waals surface area contributed by atoms with Gasteiger partial charge in [0, 0.05) is 18.6 Å². The summed E-state index contributed by atoms with van der Waals surface area (Å²) in [5, 5.41) is 3.87. The highest BCUT2D eigenvalue weighted by Crippen LogP contribution is 2.25. The predicted molar refractivity (Wildman–Crippen MR) is 93.5 cm³/mol. The Kier molecular flexibility index (Phi) is 7.66. The molecule has 3 nitrogen and oxygen atoms in total. The quantitative estimate of drug-likeness (QED) is 0.724. The molecule has 0 radical (unpaired) electrons. The van der Waals surface area contributed by atoms with Crippen molar-refractivity contribution < 1.29 is 0 Å². The number of hydrogen-bond acceptors (Lipinski definition) is 3. The van der Waals surface area contributed by atoms with E-state index in [-0.39, 0.29) is 5.54 Å². The van der Waals surface area contributed by atoms with Crippen LogP contribution in [0.5, 0.6) is 0 Å². The summed E-state index contributed by atoms with van der Waals surface area (Å²) in [6.07, 6.45) is 2.39. The minimum atomic E-state index is 0.176. The maximum absolute atomic E-state index is 6.14. The van der Waals surface area contributed by atoms with Crippen LogP contribution in [0.4, 0.5) is 0 Å². The number of piperidine rings is 1. The summed E-state index contributed by atoms with van der Waals surface area (Å²) >= 11 is 0. The Morgan fingerprint density at radius 2 is 1.52 bits per heavy atom. The van der Waals surface area contributed by atoms with Crippen LogP contribution in [0.15, 0.2) is 0 Å². The Labute approximate surface area is 133 Å². The summed E-state index contributed by atoms with van der Waals surface area (Å²) in [6.45, 7) is 19.5. The van der Waals surface area contributed by atoms with E-state index < -0.39 is 0 Å². The van der Waals surface area contributed by atoms with Gasteiger partial charge in [-0.05, 0) is 56.1 Å². The Bertz CT molecular complexity index is 270. The molecule has 0 aromatic carbocycles. The van der Waals surface area contributed by atoms with Crippen LogP contribution >= 0.6 is 0 Å². The first kappa shape index (κ1) is 18.9. The molecule has 21 heavy (non-hydrogen) atoms. The van der Waals surface area contributed by atoms with Gasteiger partial charge in [0.2, 0.25) is 0 Å². The molecule has 0 bridgehead atoms. The second-order valence-electron chi connectivity index (χ2n) is 8.21. The molecule has 1 aliphatic heterocycles. The minimum Gasteiger partial charge on any atom is -0.329 e. The summed E-state index contributed by atoms with van der Waals surface area (Å²) in [5.74, 6) is 2.96. The van der Waals surface area contributed by atoms with Crippen molar-refractivity contribution in [2.75, 3.05) is 32.7 Å². The number of likely N-dealkylation sites (tertiary alicyclic amines) is 1. The minimum absolute atomic E-state index is 0.176. The highest BCUT2D eigenvalue weighted by Gasteiger charge is 2.34. The summed E-state index contributed by atoms with van der Waals surface area (Å²) in [4.78, 5) is 2.60. The Morgan fingerprint density at radius 1 is 1.00 bits per heavy atom. The lowest BCUT2D eigenvalue weighted by molar-refractivity contribution is 0.118. The first-order chi connectivity index (χ1) is 9.79. The van der Waals surface area contributed by atoms with Crippen LogP contribution in [-0.4, -0.2) is 43.2 Å². The number of nitrogens with zero attached hydrogens (tertiary/aromatic N) is 1. The molecule has 126 valence electrons. The SMILES string of the molecule is CC(C)CN1CCC(CN)(NCC(C(C)C)C(C)C)CC1. The molecule has 1 saturated heterocycles. The van der Waals surface area contributed by atoms with Crippen molar-refractivity contribution in [3.05, 3.63) is 0 Å². The molecule has 0 aromatic rings. The van der Waals surface area contributed by atoms with Gasteiger partial charge >= 0.3 is 0 Å². The van der Waals surface area contributed by atoms with Gasteiger partial charge in [-0.15, -0.1) is 0 Å². The van der Waals surface area contributed by atoms with Crippen LogP contribution in [0, 0.1) is 23.7 Å². The molecule has 1 heterocycles. The lowest BCUT2D eigenvalue weighted by Gasteiger charge is -2.43. The van der Waals surface area contributed by atoms with E-state index >= 15 is 0 Å². The highest BCUT2D eigenvalue weighted by atomic mass is 15.2. The van der Waals surface area contributed by atoms with Gasteiger partial charge in [-0.3, -0.25) is 0 Å². The van der Waals surface area contributed by atoms with Crippen molar-refractivity contribution in [2.24, 2.45) is 29.4 Å². The molecule has 1 rings (SSSR count). The molecule has 0 aromatic heterocycles. The van der Waals surface area contributed by atoms with Crippen molar-refractivity contribution in [3.63, 3.8) is 0 Å². The molecule has 1 aliphatic rings. The fourth-order valence-corrected chi connectivity index (χ4v) is 3.71. The fraction of sp³-hybridized carbons (Fsp3) is 1.00. The summed E-state index contributed by atoms with van der Waals surface area (Å²) < 4.78 is 0. The van der Waals surface area contributed by atoms with Gasteiger partial charge in [-0.1, -0.05) is 41.5 Å². The third kappa shape index (κ3) is 5.88. The van der Waals surface area contributed by atoms with E-state index in [0.29, 0.717) is 0 Å². The van der Waals surface area contributed by atoms with Gasteiger partial charge in [0.15, 0.2) is 0 Å². The topological polar surface area (TPSA) is 41.3 Å². The van der Waals surface area contributed by atoms with E-state index in [9.17, 15) is 0 Å². The van der Waals surface area contributed by atoms with Gasteiger partial charge < -0.3 is 16.0 Å². The molecule has 0 atom stereocenters. The zero-order valence-corrected chi connectivity index (χ0v) is 15.3. The Hall–Kier alpha value is -0.120. The average Bonchev–Trinajstić information content (AvgIpc) is 2.39. The standard InChI is InChI=1S/C18H39N3/c1-14(2)12-21-9-7-18(13-19,8-10-21)20-11-17(15(3)4)16(5)6/h14-17,20H,7-13,19H2,1-6H3. The van der Waals surface area contributed by atoms with Crippen molar-refractivity contribution in [2.45, 2.75) is 59.9 Å². The smallest absolute Gasteiger partial charge is 0.0328 e. The molecule has 0 saturated carbocycles. The lowest BCUT2D eigenvalue weighted by Crippen LogP contribution is -2.59. The fourth-order valence-electron chi connectivity index (χ4n) is 3.71. The third-order valence-corrected chi connectivity index (χ3v) is 5.25. The second-order valence-corrected chi connectivity index (χ2v) is 8.21. The van der Waals surface area contributed by atoms with E-state index in [1.54, 1.807) is 0 Å². The molecule has 1 fully saturated rings.